The van der Waals surface area contributed by atoms with E-state index in [2.05, 4.69) is 57.6 Å². The lowest BCUT2D eigenvalue weighted by atomic mass is 9.91. The van der Waals surface area contributed by atoms with Gasteiger partial charge < -0.3 is 9.47 Å². The van der Waals surface area contributed by atoms with Crippen molar-refractivity contribution in [3.63, 3.8) is 0 Å². The molecule has 1 saturated carbocycles. The molecule has 2 rings (SSSR count). The second kappa shape index (κ2) is 7.00. The molecule has 128 valence electrons. The van der Waals surface area contributed by atoms with E-state index >= 15 is 0 Å². The van der Waals surface area contributed by atoms with E-state index in [9.17, 15) is 0 Å². The van der Waals surface area contributed by atoms with Crippen LogP contribution in [0.5, 0.6) is 5.75 Å². The van der Waals surface area contributed by atoms with Gasteiger partial charge in [-0.05, 0) is 38.7 Å². The summed E-state index contributed by atoms with van der Waals surface area (Å²) in [5, 5.41) is 0. The molecule has 23 heavy (non-hydrogen) atoms. The molecule has 0 saturated heterocycles. The van der Waals surface area contributed by atoms with Crippen molar-refractivity contribution in [3.8, 4) is 5.75 Å². The molecule has 0 N–H and O–H groups in total. The van der Waals surface area contributed by atoms with Gasteiger partial charge in [-0.25, -0.2) is 9.97 Å². The van der Waals surface area contributed by atoms with E-state index in [0.717, 1.165) is 30.8 Å². The molecular weight excluding hydrogens is 288 g/mol. The topological polar surface area (TPSA) is 44.2 Å². The maximum absolute atomic E-state index is 5.91. The molecule has 0 atom stereocenters. The summed E-state index contributed by atoms with van der Waals surface area (Å²) < 4.78 is 11.8. The van der Waals surface area contributed by atoms with Gasteiger partial charge in [0.25, 0.3) is 0 Å². The van der Waals surface area contributed by atoms with Crippen molar-refractivity contribution in [1.82, 2.24) is 9.97 Å². The number of hydrogen-bond acceptors (Lipinski definition) is 4. The summed E-state index contributed by atoms with van der Waals surface area (Å²) in [4.78, 5) is 8.67. The van der Waals surface area contributed by atoms with Crippen LogP contribution in [0, 0.1) is 5.41 Å². The van der Waals surface area contributed by atoms with Crippen LogP contribution in [0.25, 0.3) is 6.08 Å². The molecule has 1 aliphatic rings. The van der Waals surface area contributed by atoms with E-state index in [1.54, 1.807) is 12.4 Å². The number of rotatable bonds is 5. The monoisotopic (exact) mass is 318 g/mol. The Morgan fingerprint density at radius 3 is 2.17 bits per heavy atom. The van der Waals surface area contributed by atoms with E-state index in [0.29, 0.717) is 6.10 Å². The highest BCUT2D eigenvalue weighted by molar-refractivity contribution is 5.39. The Labute approximate surface area is 140 Å². The Balaban J connectivity index is 1.76. The van der Waals surface area contributed by atoms with Gasteiger partial charge in [0.2, 0.25) is 0 Å². The fraction of sp³-hybridized carbons (Fsp3) is 0.684. The summed E-state index contributed by atoms with van der Waals surface area (Å²) in [6.07, 6.45) is 11.0. The third-order valence-corrected chi connectivity index (χ3v) is 3.52. The van der Waals surface area contributed by atoms with Crippen LogP contribution in [0.4, 0.5) is 0 Å². The fourth-order valence-corrected chi connectivity index (χ4v) is 2.39. The minimum absolute atomic E-state index is 0.0835. The second-order valence-electron chi connectivity index (χ2n) is 8.51. The zero-order valence-corrected chi connectivity index (χ0v) is 15.3. The Morgan fingerprint density at radius 2 is 1.65 bits per heavy atom. The van der Waals surface area contributed by atoms with Crippen molar-refractivity contribution in [3.05, 3.63) is 24.3 Å². The minimum atomic E-state index is -0.0835. The summed E-state index contributed by atoms with van der Waals surface area (Å²) >= 11 is 0. The zero-order valence-electron chi connectivity index (χ0n) is 15.3. The Kier molecular flexibility index (Phi) is 5.45. The van der Waals surface area contributed by atoms with E-state index in [1.165, 1.54) is 0 Å². The standard InChI is InChI=1S/C19H30N2O2/c1-18(2,3)9-7-8-17-20-12-16(13-21-17)22-14-10-15(11-14)23-19(4,5)6/h7-8,12-15H,9-11H2,1-6H3/b8-7+. The molecule has 0 unspecified atom stereocenters. The molecule has 1 heterocycles. The van der Waals surface area contributed by atoms with Gasteiger partial charge in [0.05, 0.1) is 24.1 Å². The average molecular weight is 318 g/mol. The van der Waals surface area contributed by atoms with Crippen LogP contribution in [-0.2, 0) is 4.74 Å². The lowest BCUT2D eigenvalue weighted by molar-refractivity contribution is -0.126. The molecular formula is C19H30N2O2. The van der Waals surface area contributed by atoms with Crippen molar-refractivity contribution in [2.24, 2.45) is 5.41 Å². The predicted octanol–water partition coefficient (Wildman–Crippen LogP) is 4.65. The van der Waals surface area contributed by atoms with E-state index in [4.69, 9.17) is 9.47 Å². The maximum atomic E-state index is 5.91. The summed E-state index contributed by atoms with van der Waals surface area (Å²) in [7, 11) is 0. The first-order valence-electron chi connectivity index (χ1n) is 8.44. The Bertz CT molecular complexity index is 518. The number of hydrogen-bond donors (Lipinski definition) is 0. The van der Waals surface area contributed by atoms with Gasteiger partial charge in [-0.1, -0.05) is 26.8 Å². The highest BCUT2D eigenvalue weighted by Gasteiger charge is 2.34. The molecule has 1 aliphatic carbocycles. The first-order valence-corrected chi connectivity index (χ1v) is 8.44. The maximum Gasteiger partial charge on any atom is 0.156 e. The summed E-state index contributed by atoms with van der Waals surface area (Å²) in [6, 6.07) is 0. The highest BCUT2D eigenvalue weighted by Crippen LogP contribution is 2.30. The normalized spacial score (nSPS) is 22.2. The molecule has 0 aromatic carbocycles. The smallest absolute Gasteiger partial charge is 0.156 e. The number of ether oxygens (including phenoxy) is 2. The van der Waals surface area contributed by atoms with Gasteiger partial charge in [-0.2, -0.15) is 0 Å². The molecule has 0 spiro atoms. The van der Waals surface area contributed by atoms with Crippen LogP contribution in [-0.4, -0.2) is 27.8 Å². The summed E-state index contributed by atoms with van der Waals surface area (Å²) in [5.41, 5.74) is 0.204. The Hall–Kier alpha value is -1.42. The fourth-order valence-electron chi connectivity index (χ4n) is 2.39. The molecule has 0 aliphatic heterocycles. The van der Waals surface area contributed by atoms with Gasteiger partial charge in [-0.15, -0.1) is 0 Å². The molecule has 0 bridgehead atoms. The van der Waals surface area contributed by atoms with Gasteiger partial charge in [-0.3, -0.25) is 0 Å². The predicted molar refractivity (Wildman–Crippen MR) is 93.4 cm³/mol. The second-order valence-corrected chi connectivity index (χ2v) is 8.51. The van der Waals surface area contributed by atoms with Crippen LogP contribution in [0.15, 0.2) is 18.5 Å². The number of aromatic nitrogens is 2. The van der Waals surface area contributed by atoms with E-state index in [1.807, 2.05) is 6.08 Å². The molecule has 1 fully saturated rings. The van der Waals surface area contributed by atoms with Crippen molar-refractivity contribution in [2.75, 3.05) is 0 Å². The van der Waals surface area contributed by atoms with Gasteiger partial charge in [0.1, 0.15) is 6.10 Å². The highest BCUT2D eigenvalue weighted by atomic mass is 16.5. The van der Waals surface area contributed by atoms with Crippen molar-refractivity contribution >= 4 is 6.08 Å². The zero-order chi connectivity index (χ0) is 17.1. The van der Waals surface area contributed by atoms with Crippen molar-refractivity contribution < 1.29 is 9.47 Å². The molecule has 1 aromatic heterocycles. The van der Waals surface area contributed by atoms with Crippen LogP contribution < -0.4 is 4.74 Å². The number of nitrogens with zero attached hydrogens (tertiary/aromatic N) is 2. The molecule has 4 nitrogen and oxygen atoms in total. The third kappa shape index (κ3) is 6.69. The summed E-state index contributed by atoms with van der Waals surface area (Å²) in [5.74, 6) is 1.46. The lowest BCUT2D eigenvalue weighted by Crippen LogP contribution is -2.43. The molecule has 0 radical (unpaired) electrons. The largest absolute Gasteiger partial charge is 0.487 e. The van der Waals surface area contributed by atoms with E-state index in [-0.39, 0.29) is 17.1 Å². The Morgan fingerprint density at radius 1 is 1.04 bits per heavy atom. The van der Waals surface area contributed by atoms with Crippen LogP contribution in [0.1, 0.15) is 66.6 Å². The molecule has 4 heteroatoms. The van der Waals surface area contributed by atoms with Gasteiger partial charge in [0, 0.05) is 12.8 Å². The third-order valence-electron chi connectivity index (χ3n) is 3.52. The quantitative estimate of drug-likeness (QED) is 0.792. The molecule has 0 amide bonds. The SMILES string of the molecule is CC(C)(C)C/C=C/c1ncc(OC2CC(OC(C)(C)C)C2)cn1. The van der Waals surface area contributed by atoms with Crippen LogP contribution >= 0.6 is 0 Å². The van der Waals surface area contributed by atoms with Crippen LogP contribution in [0.3, 0.4) is 0 Å². The average Bonchev–Trinajstić information content (AvgIpc) is 2.35. The minimum Gasteiger partial charge on any atom is -0.487 e. The molecule has 1 aromatic rings. The van der Waals surface area contributed by atoms with Gasteiger partial charge >= 0.3 is 0 Å². The van der Waals surface area contributed by atoms with Crippen molar-refractivity contribution in [1.29, 1.82) is 0 Å². The number of allylic oxidation sites excluding steroid dienone is 1. The van der Waals surface area contributed by atoms with E-state index < -0.39 is 0 Å². The van der Waals surface area contributed by atoms with Crippen LogP contribution in [0.2, 0.25) is 0 Å². The van der Waals surface area contributed by atoms with Gasteiger partial charge in [0.15, 0.2) is 11.6 Å². The first-order chi connectivity index (χ1) is 10.6. The lowest BCUT2D eigenvalue weighted by Gasteiger charge is -2.38. The van der Waals surface area contributed by atoms with Crippen molar-refractivity contribution in [2.45, 2.75) is 78.6 Å². The first kappa shape index (κ1) is 17.9. The summed E-state index contributed by atoms with van der Waals surface area (Å²) in [6.45, 7) is 12.9.